The summed E-state index contributed by atoms with van der Waals surface area (Å²) in [6.45, 7) is 2.47. The van der Waals surface area contributed by atoms with Crippen LogP contribution < -0.4 is 11.1 Å². The van der Waals surface area contributed by atoms with Crippen LogP contribution >= 0.6 is 46.6 Å². The van der Waals surface area contributed by atoms with Crippen molar-refractivity contribution >= 4 is 52.5 Å². The summed E-state index contributed by atoms with van der Waals surface area (Å²) in [6.07, 6.45) is 2.28. The van der Waals surface area contributed by atoms with Gasteiger partial charge in [-0.25, -0.2) is 0 Å². The maximum Gasteiger partial charge on any atom is 0.252 e. The smallest absolute Gasteiger partial charge is 0.252 e. The van der Waals surface area contributed by atoms with Crippen molar-refractivity contribution in [1.29, 1.82) is 0 Å². The molecule has 0 saturated heterocycles. The minimum Gasteiger partial charge on any atom is -0.345 e. The van der Waals surface area contributed by atoms with Gasteiger partial charge in [-0.05, 0) is 66.5 Å². The van der Waals surface area contributed by atoms with E-state index in [-0.39, 0.29) is 23.9 Å². The Morgan fingerprint density at radius 2 is 2.21 bits per heavy atom. The maximum atomic E-state index is 12.3. The van der Waals surface area contributed by atoms with Crippen LogP contribution in [-0.4, -0.2) is 18.0 Å². The highest BCUT2D eigenvalue weighted by atomic mass is 127. The summed E-state index contributed by atoms with van der Waals surface area (Å²) < 4.78 is 0.893. The van der Waals surface area contributed by atoms with Gasteiger partial charge in [-0.3, -0.25) is 4.79 Å². The quantitative estimate of drug-likeness (QED) is 0.743. The largest absolute Gasteiger partial charge is 0.345 e. The zero-order valence-electron chi connectivity index (χ0n) is 10.6. The molecule has 1 saturated carbocycles. The van der Waals surface area contributed by atoms with Crippen molar-refractivity contribution in [3.63, 3.8) is 0 Å². The standard InChI is InChI=1S/C13H16ClIN2O.ClH/c1-13(7-16,8-2-3-8)17-12(18)10-6-9(14)4-5-11(10)15;/h4-6,8H,2-3,7,16H2,1H3,(H,17,18);1H. The molecule has 0 aliphatic heterocycles. The fourth-order valence-corrected chi connectivity index (χ4v) is 2.79. The molecule has 6 heteroatoms. The van der Waals surface area contributed by atoms with E-state index < -0.39 is 0 Å². The molecule has 2 rings (SSSR count). The number of benzene rings is 1. The number of halogens is 3. The van der Waals surface area contributed by atoms with Gasteiger partial charge >= 0.3 is 0 Å². The normalized spacial score (nSPS) is 17.3. The molecular formula is C13H17Cl2IN2O. The number of carbonyl (C=O) groups is 1. The molecule has 1 atom stereocenters. The minimum absolute atomic E-state index is 0. The molecule has 0 radical (unpaired) electrons. The lowest BCUT2D eigenvalue weighted by Crippen LogP contribution is -2.53. The van der Waals surface area contributed by atoms with Gasteiger partial charge in [0.15, 0.2) is 0 Å². The zero-order valence-corrected chi connectivity index (χ0v) is 14.3. The lowest BCUT2D eigenvalue weighted by Gasteiger charge is -2.29. The first kappa shape index (κ1) is 17.0. The van der Waals surface area contributed by atoms with Gasteiger partial charge in [0.2, 0.25) is 0 Å². The number of nitrogens with two attached hydrogens (primary N) is 1. The lowest BCUT2D eigenvalue weighted by molar-refractivity contribution is 0.0897. The molecule has 1 aliphatic rings. The molecule has 19 heavy (non-hydrogen) atoms. The molecule has 1 aromatic rings. The molecule has 1 amide bonds. The van der Waals surface area contributed by atoms with E-state index in [1.54, 1.807) is 12.1 Å². The molecule has 1 aliphatic carbocycles. The molecule has 0 aromatic heterocycles. The molecule has 0 bridgehead atoms. The maximum absolute atomic E-state index is 12.3. The van der Waals surface area contributed by atoms with Gasteiger partial charge in [0.1, 0.15) is 0 Å². The van der Waals surface area contributed by atoms with E-state index in [9.17, 15) is 4.79 Å². The van der Waals surface area contributed by atoms with E-state index in [1.807, 2.05) is 13.0 Å². The Morgan fingerprint density at radius 1 is 1.58 bits per heavy atom. The first-order chi connectivity index (χ1) is 8.46. The van der Waals surface area contributed by atoms with Crippen LogP contribution in [0.2, 0.25) is 5.02 Å². The molecule has 3 N–H and O–H groups in total. The van der Waals surface area contributed by atoms with Crippen LogP contribution in [0, 0.1) is 9.49 Å². The SMILES string of the molecule is CC(CN)(NC(=O)c1cc(Cl)ccc1I)C1CC1.Cl. The Balaban J connectivity index is 0.00000180. The van der Waals surface area contributed by atoms with Gasteiger partial charge in [0, 0.05) is 15.1 Å². The molecule has 1 fully saturated rings. The first-order valence-electron chi connectivity index (χ1n) is 5.94. The van der Waals surface area contributed by atoms with E-state index in [1.165, 1.54) is 0 Å². The van der Waals surface area contributed by atoms with E-state index in [2.05, 4.69) is 27.9 Å². The van der Waals surface area contributed by atoms with Crippen LogP contribution in [0.1, 0.15) is 30.1 Å². The number of hydrogen-bond acceptors (Lipinski definition) is 2. The van der Waals surface area contributed by atoms with Gasteiger partial charge in [-0.1, -0.05) is 11.6 Å². The fraction of sp³-hybridized carbons (Fsp3) is 0.462. The summed E-state index contributed by atoms with van der Waals surface area (Å²) in [7, 11) is 0. The number of rotatable bonds is 4. The van der Waals surface area contributed by atoms with Crippen molar-refractivity contribution < 1.29 is 4.79 Å². The Kier molecular flexibility index (Phi) is 5.92. The second kappa shape index (κ2) is 6.61. The van der Waals surface area contributed by atoms with Gasteiger partial charge in [0.25, 0.3) is 5.91 Å². The summed E-state index contributed by atoms with van der Waals surface area (Å²) in [5.41, 5.74) is 6.11. The summed E-state index contributed by atoms with van der Waals surface area (Å²) in [5, 5.41) is 3.63. The zero-order chi connectivity index (χ0) is 13.3. The molecule has 1 aromatic carbocycles. The Labute approximate surface area is 138 Å². The second-order valence-corrected chi connectivity index (χ2v) is 6.57. The number of hydrogen-bond donors (Lipinski definition) is 2. The van der Waals surface area contributed by atoms with Gasteiger partial charge < -0.3 is 11.1 Å². The molecule has 0 heterocycles. The Bertz CT molecular complexity index is 480. The summed E-state index contributed by atoms with van der Waals surface area (Å²) in [6, 6.07) is 5.32. The third-order valence-corrected chi connectivity index (χ3v) is 4.65. The molecule has 0 spiro atoms. The van der Waals surface area contributed by atoms with Crippen molar-refractivity contribution in [3.8, 4) is 0 Å². The highest BCUT2D eigenvalue weighted by Gasteiger charge is 2.41. The number of carbonyl (C=O) groups excluding carboxylic acids is 1. The van der Waals surface area contributed by atoms with Crippen molar-refractivity contribution in [2.24, 2.45) is 11.7 Å². The summed E-state index contributed by atoms with van der Waals surface area (Å²) >= 11 is 8.07. The highest BCUT2D eigenvalue weighted by molar-refractivity contribution is 14.1. The monoisotopic (exact) mass is 414 g/mol. The third-order valence-electron chi connectivity index (χ3n) is 3.47. The van der Waals surface area contributed by atoms with Crippen LogP contribution in [0.3, 0.4) is 0 Å². The molecule has 1 unspecified atom stereocenters. The number of nitrogens with one attached hydrogen (secondary N) is 1. The highest BCUT2D eigenvalue weighted by Crippen LogP contribution is 2.39. The van der Waals surface area contributed by atoms with Gasteiger partial charge in [-0.2, -0.15) is 0 Å². The molecule has 106 valence electrons. The van der Waals surface area contributed by atoms with Crippen molar-refractivity contribution in [2.75, 3.05) is 6.54 Å². The summed E-state index contributed by atoms with van der Waals surface area (Å²) in [4.78, 5) is 12.3. The Hall–Kier alpha value is -0.0400. The van der Waals surface area contributed by atoms with Crippen molar-refractivity contribution in [3.05, 3.63) is 32.4 Å². The molecule has 3 nitrogen and oxygen atoms in total. The Morgan fingerprint density at radius 3 is 2.74 bits per heavy atom. The average molecular weight is 415 g/mol. The van der Waals surface area contributed by atoms with Gasteiger partial charge in [-0.15, -0.1) is 12.4 Å². The van der Waals surface area contributed by atoms with Crippen molar-refractivity contribution in [2.45, 2.75) is 25.3 Å². The van der Waals surface area contributed by atoms with E-state index in [0.717, 1.165) is 16.4 Å². The van der Waals surface area contributed by atoms with Crippen LogP contribution in [0.4, 0.5) is 0 Å². The van der Waals surface area contributed by atoms with Crippen LogP contribution in [0.5, 0.6) is 0 Å². The van der Waals surface area contributed by atoms with E-state index in [4.69, 9.17) is 17.3 Å². The fourth-order valence-electron chi connectivity index (χ4n) is 2.04. The van der Waals surface area contributed by atoms with Crippen molar-refractivity contribution in [1.82, 2.24) is 5.32 Å². The third kappa shape index (κ3) is 3.97. The molecular weight excluding hydrogens is 398 g/mol. The lowest BCUT2D eigenvalue weighted by atomic mass is 9.95. The van der Waals surface area contributed by atoms with Crippen LogP contribution in [0.25, 0.3) is 0 Å². The topological polar surface area (TPSA) is 55.1 Å². The van der Waals surface area contributed by atoms with Gasteiger partial charge in [0.05, 0.1) is 11.1 Å². The predicted octanol–water partition coefficient (Wildman–Crippen LogP) is 3.22. The van der Waals surface area contributed by atoms with Crippen LogP contribution in [0.15, 0.2) is 18.2 Å². The van der Waals surface area contributed by atoms with E-state index >= 15 is 0 Å². The number of amides is 1. The second-order valence-electron chi connectivity index (χ2n) is 4.97. The van der Waals surface area contributed by atoms with Crippen LogP contribution in [-0.2, 0) is 0 Å². The first-order valence-corrected chi connectivity index (χ1v) is 7.39. The summed E-state index contributed by atoms with van der Waals surface area (Å²) in [5.74, 6) is 0.407. The van der Waals surface area contributed by atoms with E-state index in [0.29, 0.717) is 23.0 Å². The average Bonchev–Trinajstić information content (AvgIpc) is 3.16. The predicted molar refractivity (Wildman–Crippen MR) is 89.1 cm³/mol. The minimum atomic E-state index is -0.303.